The monoisotopic (exact) mass is 546 g/mol. The number of ketones is 1. The molecule has 1 unspecified atom stereocenters. The molecule has 8 atom stereocenters. The number of allylic oxidation sites excluding steroid dienone is 3. The summed E-state index contributed by atoms with van der Waals surface area (Å²) in [5.74, 6) is -2.63. The first-order chi connectivity index (χ1) is 19.0. The first-order valence-electron chi connectivity index (χ1n) is 14.1. The number of carbonyl (C=O) groups is 4. The molecule has 0 spiro atoms. The van der Waals surface area contributed by atoms with E-state index in [4.69, 9.17) is 4.74 Å². The van der Waals surface area contributed by atoms with Gasteiger partial charge in [-0.25, -0.2) is 0 Å². The Balaban J connectivity index is 1.54. The summed E-state index contributed by atoms with van der Waals surface area (Å²) in [6, 6.07) is 7.68. The Labute approximate surface area is 234 Å². The molecule has 212 valence electrons. The van der Waals surface area contributed by atoms with Gasteiger partial charge in [-0.3, -0.25) is 19.2 Å². The molecule has 1 aromatic carbocycles. The maximum atomic E-state index is 14.1. The molecule has 1 aliphatic carbocycles. The lowest BCUT2D eigenvalue weighted by atomic mass is 9.51. The van der Waals surface area contributed by atoms with Crippen LogP contribution in [0.1, 0.15) is 52.5 Å². The van der Waals surface area contributed by atoms with Crippen LogP contribution in [0.2, 0.25) is 0 Å². The van der Waals surface area contributed by atoms with Crippen LogP contribution in [0.5, 0.6) is 0 Å². The normalized spacial score (nSPS) is 33.9. The number of fused-ring (bicyclic) bond motifs is 3. The van der Waals surface area contributed by atoms with Crippen LogP contribution in [0.3, 0.4) is 0 Å². The van der Waals surface area contributed by atoms with E-state index in [-0.39, 0.29) is 54.4 Å². The van der Waals surface area contributed by atoms with Gasteiger partial charge in [0.2, 0.25) is 5.91 Å². The minimum absolute atomic E-state index is 0.0944. The van der Waals surface area contributed by atoms with Crippen molar-refractivity contribution in [2.24, 2.45) is 29.1 Å². The predicted octanol–water partition coefficient (Wildman–Crippen LogP) is 4.40. The summed E-state index contributed by atoms with van der Waals surface area (Å²) < 4.78 is 6.30. The van der Waals surface area contributed by atoms with Gasteiger partial charge in [-0.2, -0.15) is 0 Å². The number of epoxide rings is 1. The first-order valence-corrected chi connectivity index (χ1v) is 14.1. The van der Waals surface area contributed by atoms with Crippen LogP contribution in [0, 0.1) is 29.1 Å². The standard InChI is InChI=1S/C32H38N2O6/c1-18(14-19(2)17-35)8-7-10-23-29-31(4,40-29)20(3)28-25(15-21-16-33-24-11-6-5-9-22(21)24)34-30(39)32(23,28)26(36)12-13-27(37)38/h5-7,9-11,14,16-18,20,23,25,28-29,33H,8,12-13,15H2,1-4H3,(H,34,39)(H,37,38)/b10-7+,19-14+/t18?,20-,23-,25-,28-,29-,31+,32+/m0/s1. The number of carboxylic acid groups (broad SMARTS) is 1. The number of ether oxygens (including phenoxy) is 1. The topological polar surface area (TPSA) is 129 Å². The number of benzene rings is 1. The largest absolute Gasteiger partial charge is 0.481 e. The Morgan fingerprint density at radius 1 is 1.23 bits per heavy atom. The number of aldehydes is 1. The SMILES string of the molecule is C/C(C=O)=C\C(C)C/C=C/[C@H]1[C@@H]2O[C@]2(C)[C@@H](C)[C@H]2[C@H](Cc3c[nH]c4ccccc34)NC(=O)[C@]21C(=O)CCC(=O)O. The number of aliphatic carboxylic acids is 1. The van der Waals surface area contributed by atoms with Crippen LogP contribution in [-0.4, -0.2) is 51.8 Å². The molecule has 5 rings (SSSR count). The number of hydrogen-bond donors (Lipinski definition) is 3. The van der Waals surface area contributed by atoms with Crippen molar-refractivity contribution in [2.45, 2.75) is 71.1 Å². The third kappa shape index (κ3) is 4.52. The van der Waals surface area contributed by atoms with Crippen molar-refractivity contribution in [1.82, 2.24) is 10.3 Å². The summed E-state index contributed by atoms with van der Waals surface area (Å²) in [4.78, 5) is 54.0. The summed E-state index contributed by atoms with van der Waals surface area (Å²) >= 11 is 0. The van der Waals surface area contributed by atoms with Gasteiger partial charge in [-0.05, 0) is 55.7 Å². The number of H-pyrrole nitrogens is 1. The van der Waals surface area contributed by atoms with E-state index in [1.807, 2.05) is 55.6 Å². The maximum absolute atomic E-state index is 14.1. The van der Waals surface area contributed by atoms with E-state index in [2.05, 4.69) is 24.1 Å². The minimum Gasteiger partial charge on any atom is -0.481 e. The number of aromatic amines is 1. The second-order valence-electron chi connectivity index (χ2n) is 12.1. The Kier molecular flexibility index (Phi) is 7.33. The zero-order valence-electron chi connectivity index (χ0n) is 23.5. The van der Waals surface area contributed by atoms with Gasteiger partial charge in [0.05, 0.1) is 18.1 Å². The molecule has 2 saturated heterocycles. The lowest BCUT2D eigenvalue weighted by molar-refractivity contribution is -0.150. The number of Topliss-reactive ketones (excluding diaryl/α,β-unsaturated/α-hetero) is 1. The lowest BCUT2D eigenvalue weighted by Gasteiger charge is -2.46. The smallest absolute Gasteiger partial charge is 0.303 e. The predicted molar refractivity (Wildman–Crippen MR) is 150 cm³/mol. The van der Waals surface area contributed by atoms with E-state index in [9.17, 15) is 24.3 Å². The number of carbonyl (C=O) groups excluding carboxylic acids is 3. The highest BCUT2D eigenvalue weighted by Crippen LogP contribution is 2.66. The van der Waals surface area contributed by atoms with Crippen molar-refractivity contribution in [1.29, 1.82) is 0 Å². The van der Waals surface area contributed by atoms with Gasteiger partial charge < -0.3 is 20.1 Å². The third-order valence-electron chi connectivity index (χ3n) is 9.56. The van der Waals surface area contributed by atoms with Gasteiger partial charge in [0, 0.05) is 41.4 Å². The molecular formula is C32H38N2O6. The molecule has 8 heteroatoms. The Bertz CT molecular complexity index is 1410. The van der Waals surface area contributed by atoms with Crippen LogP contribution < -0.4 is 5.32 Å². The minimum atomic E-state index is -1.42. The highest BCUT2D eigenvalue weighted by molar-refractivity contribution is 6.09. The molecule has 3 N–H and O–H groups in total. The second kappa shape index (κ2) is 10.5. The molecular weight excluding hydrogens is 508 g/mol. The van der Waals surface area contributed by atoms with E-state index in [1.54, 1.807) is 6.92 Å². The van der Waals surface area contributed by atoms with Crippen molar-refractivity contribution < 1.29 is 29.0 Å². The van der Waals surface area contributed by atoms with Gasteiger partial charge in [0.15, 0.2) is 0 Å². The zero-order valence-corrected chi connectivity index (χ0v) is 23.5. The molecule has 40 heavy (non-hydrogen) atoms. The lowest BCUT2D eigenvalue weighted by Crippen LogP contribution is -2.58. The summed E-state index contributed by atoms with van der Waals surface area (Å²) in [6.07, 6.45) is 8.93. The van der Waals surface area contributed by atoms with E-state index in [0.717, 1.165) is 22.8 Å². The van der Waals surface area contributed by atoms with Gasteiger partial charge >= 0.3 is 5.97 Å². The fraction of sp³-hybridized carbons (Fsp3) is 0.500. The summed E-state index contributed by atoms with van der Waals surface area (Å²) in [6.45, 7) is 7.88. The van der Waals surface area contributed by atoms with Gasteiger partial charge in [-0.1, -0.05) is 50.3 Å². The van der Waals surface area contributed by atoms with Crippen molar-refractivity contribution in [2.75, 3.05) is 0 Å². The van der Waals surface area contributed by atoms with Crippen LogP contribution in [0.15, 0.2) is 54.3 Å². The van der Waals surface area contributed by atoms with Crippen LogP contribution >= 0.6 is 0 Å². The van der Waals surface area contributed by atoms with Crippen molar-refractivity contribution in [3.05, 3.63) is 59.8 Å². The molecule has 3 fully saturated rings. The Morgan fingerprint density at radius 2 is 1.98 bits per heavy atom. The molecule has 0 bridgehead atoms. The molecule has 2 aromatic rings. The number of aromatic nitrogens is 1. The van der Waals surface area contributed by atoms with E-state index in [0.29, 0.717) is 18.4 Å². The van der Waals surface area contributed by atoms with E-state index < -0.39 is 22.9 Å². The fourth-order valence-corrected chi connectivity index (χ4v) is 7.48. The van der Waals surface area contributed by atoms with Crippen LogP contribution in [0.25, 0.3) is 10.9 Å². The number of nitrogens with one attached hydrogen (secondary N) is 2. The van der Waals surface area contributed by atoms with Gasteiger partial charge in [0.25, 0.3) is 0 Å². The fourth-order valence-electron chi connectivity index (χ4n) is 7.48. The van der Waals surface area contributed by atoms with E-state index in [1.165, 1.54) is 0 Å². The molecule has 8 nitrogen and oxygen atoms in total. The second-order valence-corrected chi connectivity index (χ2v) is 12.1. The number of amides is 1. The molecule has 1 saturated carbocycles. The average Bonchev–Trinajstić information content (AvgIpc) is 3.32. The number of carboxylic acids is 1. The van der Waals surface area contributed by atoms with Crippen molar-refractivity contribution in [3.8, 4) is 0 Å². The molecule has 3 heterocycles. The Hall–Kier alpha value is -3.52. The van der Waals surface area contributed by atoms with Crippen LogP contribution in [-0.2, 0) is 30.3 Å². The highest BCUT2D eigenvalue weighted by atomic mass is 16.6. The first kappa shape index (κ1) is 28.0. The quantitative estimate of drug-likeness (QED) is 0.126. The number of rotatable bonds is 11. The summed E-state index contributed by atoms with van der Waals surface area (Å²) in [5, 5.41) is 13.7. The number of para-hydroxylation sites is 1. The molecule has 2 aliphatic heterocycles. The highest BCUT2D eigenvalue weighted by Gasteiger charge is 2.78. The molecule has 3 aliphatic rings. The van der Waals surface area contributed by atoms with Gasteiger partial charge in [0.1, 0.15) is 17.5 Å². The Morgan fingerprint density at radius 3 is 2.70 bits per heavy atom. The summed E-state index contributed by atoms with van der Waals surface area (Å²) in [7, 11) is 0. The van der Waals surface area contributed by atoms with Crippen molar-refractivity contribution >= 4 is 34.8 Å². The zero-order chi connectivity index (χ0) is 28.8. The third-order valence-corrected chi connectivity index (χ3v) is 9.56. The average molecular weight is 547 g/mol. The summed E-state index contributed by atoms with van der Waals surface area (Å²) in [5.41, 5.74) is 0.820. The van der Waals surface area contributed by atoms with Crippen LogP contribution in [0.4, 0.5) is 0 Å². The van der Waals surface area contributed by atoms with Crippen molar-refractivity contribution in [3.63, 3.8) is 0 Å². The molecule has 0 radical (unpaired) electrons. The van der Waals surface area contributed by atoms with E-state index >= 15 is 0 Å². The number of hydrogen-bond acceptors (Lipinski definition) is 5. The maximum Gasteiger partial charge on any atom is 0.303 e. The van der Waals surface area contributed by atoms with Gasteiger partial charge in [-0.15, -0.1) is 0 Å². The molecule has 1 amide bonds. The molecule has 1 aromatic heterocycles.